The largest absolute Gasteiger partial charge is 0.376 e. The van der Waals surface area contributed by atoms with Gasteiger partial charge in [-0.1, -0.05) is 60.7 Å². The van der Waals surface area contributed by atoms with Crippen molar-refractivity contribution in [2.24, 2.45) is 0 Å². The van der Waals surface area contributed by atoms with E-state index in [0.29, 0.717) is 5.75 Å². The van der Waals surface area contributed by atoms with Gasteiger partial charge in [-0.25, -0.2) is 0 Å². The number of anilines is 1. The molecule has 5 nitrogen and oxygen atoms in total. The molecule has 2 heterocycles. The highest BCUT2D eigenvalue weighted by molar-refractivity contribution is 8.01. The Morgan fingerprint density at radius 1 is 1.36 bits per heavy atom. The normalized spacial score (nSPS) is 16.9. The zero-order valence-corrected chi connectivity index (χ0v) is 16.0. The fourth-order valence-electron chi connectivity index (χ4n) is 2.70. The number of hydrogen-bond acceptors (Lipinski definition) is 7. The number of nitrogens with zero attached hydrogens (tertiary/aromatic N) is 2. The monoisotopic (exact) mass is 377 g/mol. The van der Waals surface area contributed by atoms with Gasteiger partial charge in [0.05, 0.1) is 11.9 Å². The summed E-state index contributed by atoms with van der Waals surface area (Å²) in [6, 6.07) is 7.92. The first-order chi connectivity index (χ1) is 12.2. The molecule has 1 N–H and O–H groups in total. The van der Waals surface area contributed by atoms with Gasteiger partial charge < -0.3 is 10.1 Å². The standard InChI is InChI=1S/C18H23N3O2S2/c1-2-4-13-6-8-14(9-7-13)16(22)12-24-18-21-20-17(25-18)19-11-15-5-3-10-23-15/h6-9,15H,2-5,10-12H2,1H3,(H,19,20). The molecule has 1 aliphatic heterocycles. The number of Topliss-reactive ketones (excluding diaryl/α,β-unsaturated/α-hetero) is 1. The molecule has 3 rings (SSSR count). The fourth-order valence-corrected chi connectivity index (χ4v) is 4.36. The van der Waals surface area contributed by atoms with Crippen molar-refractivity contribution in [1.82, 2.24) is 10.2 Å². The molecule has 1 atom stereocenters. The molecule has 7 heteroatoms. The highest BCUT2D eigenvalue weighted by Crippen LogP contribution is 2.26. The first kappa shape index (κ1) is 18.4. The highest BCUT2D eigenvalue weighted by Gasteiger charge is 2.16. The Bertz CT molecular complexity index is 682. The molecule has 1 fully saturated rings. The number of nitrogens with one attached hydrogen (secondary N) is 1. The molecule has 1 aromatic heterocycles. The van der Waals surface area contributed by atoms with E-state index in [1.165, 1.54) is 28.7 Å². The third-order valence-electron chi connectivity index (χ3n) is 4.05. The van der Waals surface area contributed by atoms with E-state index in [2.05, 4.69) is 22.4 Å². The maximum atomic E-state index is 12.3. The van der Waals surface area contributed by atoms with Gasteiger partial charge >= 0.3 is 0 Å². The lowest BCUT2D eigenvalue weighted by Crippen LogP contribution is -2.18. The van der Waals surface area contributed by atoms with Gasteiger partial charge in [0, 0.05) is 18.7 Å². The van der Waals surface area contributed by atoms with Crippen LogP contribution in [0.25, 0.3) is 0 Å². The second-order valence-electron chi connectivity index (χ2n) is 6.05. The van der Waals surface area contributed by atoms with Crippen molar-refractivity contribution in [2.75, 3.05) is 24.2 Å². The summed E-state index contributed by atoms with van der Waals surface area (Å²) in [7, 11) is 0. The lowest BCUT2D eigenvalue weighted by Gasteiger charge is -2.08. The molecule has 0 radical (unpaired) electrons. The molecule has 1 aromatic carbocycles. The van der Waals surface area contributed by atoms with Gasteiger partial charge in [-0.05, 0) is 24.8 Å². The minimum absolute atomic E-state index is 0.122. The van der Waals surface area contributed by atoms with Crippen LogP contribution in [0, 0.1) is 0 Å². The fraction of sp³-hybridized carbons (Fsp3) is 0.500. The Morgan fingerprint density at radius 3 is 2.92 bits per heavy atom. The molecule has 0 bridgehead atoms. The summed E-state index contributed by atoms with van der Waals surface area (Å²) in [5.74, 6) is 0.505. The van der Waals surface area contributed by atoms with Gasteiger partial charge in [0.2, 0.25) is 5.13 Å². The van der Waals surface area contributed by atoms with Crippen LogP contribution in [-0.4, -0.2) is 41.0 Å². The second-order valence-corrected chi connectivity index (χ2v) is 8.25. The SMILES string of the molecule is CCCc1ccc(C(=O)CSc2nnc(NCC3CCCO3)s2)cc1. The van der Waals surface area contributed by atoms with Gasteiger partial charge in [-0.15, -0.1) is 10.2 Å². The number of hydrogen-bond donors (Lipinski definition) is 1. The molecule has 0 spiro atoms. The lowest BCUT2D eigenvalue weighted by molar-refractivity contribution is 0.102. The molecule has 0 aliphatic carbocycles. The highest BCUT2D eigenvalue weighted by atomic mass is 32.2. The summed E-state index contributed by atoms with van der Waals surface area (Å²) in [5.41, 5.74) is 2.03. The number of thioether (sulfide) groups is 1. The summed E-state index contributed by atoms with van der Waals surface area (Å²) < 4.78 is 6.39. The average Bonchev–Trinajstić information content (AvgIpc) is 3.30. The van der Waals surface area contributed by atoms with Crippen molar-refractivity contribution < 1.29 is 9.53 Å². The Balaban J connectivity index is 1.45. The van der Waals surface area contributed by atoms with Crippen LogP contribution in [-0.2, 0) is 11.2 Å². The quantitative estimate of drug-likeness (QED) is 0.525. The lowest BCUT2D eigenvalue weighted by atomic mass is 10.1. The maximum absolute atomic E-state index is 12.3. The van der Waals surface area contributed by atoms with Crippen LogP contribution in [0.4, 0.5) is 5.13 Å². The molecule has 2 aromatic rings. The van der Waals surface area contributed by atoms with Crippen LogP contribution in [0.5, 0.6) is 0 Å². The van der Waals surface area contributed by atoms with Crippen molar-refractivity contribution in [3.63, 3.8) is 0 Å². The van der Waals surface area contributed by atoms with E-state index in [0.717, 1.165) is 53.9 Å². The molecular weight excluding hydrogens is 354 g/mol. The number of ketones is 1. The number of carbonyl (C=O) groups is 1. The number of rotatable bonds is 9. The van der Waals surface area contributed by atoms with Gasteiger partial charge in [0.1, 0.15) is 0 Å². The number of ether oxygens (including phenoxy) is 1. The van der Waals surface area contributed by atoms with E-state index in [1.54, 1.807) is 0 Å². The van der Waals surface area contributed by atoms with Crippen LogP contribution in [0.1, 0.15) is 42.1 Å². The zero-order valence-electron chi connectivity index (χ0n) is 14.4. The van der Waals surface area contributed by atoms with Crippen molar-refractivity contribution in [2.45, 2.75) is 43.1 Å². The van der Waals surface area contributed by atoms with Crippen LogP contribution >= 0.6 is 23.1 Å². The Kier molecular flexibility index (Phi) is 6.84. The predicted octanol–water partition coefficient (Wildman–Crippen LogP) is 4.06. The minimum atomic E-state index is 0.122. The minimum Gasteiger partial charge on any atom is -0.376 e. The van der Waals surface area contributed by atoms with E-state index in [-0.39, 0.29) is 11.9 Å². The third kappa shape index (κ3) is 5.52. The Labute approximate surface area is 156 Å². The van der Waals surface area contributed by atoms with Crippen molar-refractivity contribution in [1.29, 1.82) is 0 Å². The molecule has 0 amide bonds. The van der Waals surface area contributed by atoms with E-state index in [9.17, 15) is 4.79 Å². The summed E-state index contributed by atoms with van der Waals surface area (Å²) in [4.78, 5) is 12.3. The van der Waals surface area contributed by atoms with Gasteiger partial charge in [-0.3, -0.25) is 4.79 Å². The molecule has 134 valence electrons. The van der Waals surface area contributed by atoms with Crippen LogP contribution in [0.15, 0.2) is 28.6 Å². The third-order valence-corrected chi connectivity index (χ3v) is 6.07. The number of aryl methyl sites for hydroxylation is 1. The molecule has 1 aliphatic rings. The van der Waals surface area contributed by atoms with Gasteiger partial charge in [0.25, 0.3) is 0 Å². The van der Waals surface area contributed by atoms with Crippen molar-refractivity contribution in [3.05, 3.63) is 35.4 Å². The van der Waals surface area contributed by atoms with Crippen molar-refractivity contribution in [3.8, 4) is 0 Å². The Hall–Kier alpha value is -1.44. The van der Waals surface area contributed by atoms with Crippen molar-refractivity contribution >= 4 is 34.0 Å². The van der Waals surface area contributed by atoms with E-state index in [4.69, 9.17) is 4.74 Å². The molecular formula is C18H23N3O2S2. The molecule has 25 heavy (non-hydrogen) atoms. The zero-order chi connectivity index (χ0) is 17.5. The number of benzene rings is 1. The summed E-state index contributed by atoms with van der Waals surface area (Å²) in [6.07, 6.45) is 4.67. The second kappa shape index (κ2) is 9.31. The van der Waals surface area contributed by atoms with E-state index in [1.807, 2.05) is 24.3 Å². The summed E-state index contributed by atoms with van der Waals surface area (Å²) >= 11 is 2.93. The molecule has 0 saturated carbocycles. The van der Waals surface area contributed by atoms with E-state index >= 15 is 0 Å². The smallest absolute Gasteiger partial charge is 0.206 e. The summed E-state index contributed by atoms with van der Waals surface area (Å²) in [6.45, 7) is 3.77. The Morgan fingerprint density at radius 2 is 2.20 bits per heavy atom. The number of aromatic nitrogens is 2. The van der Waals surface area contributed by atoms with Gasteiger partial charge in [0.15, 0.2) is 10.1 Å². The average molecular weight is 378 g/mol. The first-order valence-corrected chi connectivity index (χ1v) is 10.5. The number of carbonyl (C=O) groups excluding carboxylic acids is 1. The molecule has 1 unspecified atom stereocenters. The van der Waals surface area contributed by atoms with Crippen LogP contribution < -0.4 is 5.32 Å². The van der Waals surface area contributed by atoms with Gasteiger partial charge in [-0.2, -0.15) is 0 Å². The molecule has 1 saturated heterocycles. The topological polar surface area (TPSA) is 64.1 Å². The predicted molar refractivity (Wildman–Crippen MR) is 103 cm³/mol. The summed E-state index contributed by atoms with van der Waals surface area (Å²) in [5, 5.41) is 12.3. The first-order valence-electron chi connectivity index (χ1n) is 8.68. The van der Waals surface area contributed by atoms with E-state index < -0.39 is 0 Å². The van der Waals surface area contributed by atoms with Crippen LogP contribution in [0.2, 0.25) is 0 Å². The maximum Gasteiger partial charge on any atom is 0.206 e. The van der Waals surface area contributed by atoms with Crippen LogP contribution in [0.3, 0.4) is 0 Å².